The molecule has 1 fully saturated rings. The van der Waals surface area contributed by atoms with Gasteiger partial charge in [-0.3, -0.25) is 4.79 Å². The second kappa shape index (κ2) is 9.74. The molecule has 0 saturated carbocycles. The molecule has 1 atom stereocenters. The Labute approximate surface area is 185 Å². The topological polar surface area (TPSA) is 91.5 Å². The molecule has 3 aromatic rings. The molecular weight excluding hydrogens is 412 g/mol. The molecule has 2 heterocycles. The van der Waals surface area contributed by atoms with Crippen LogP contribution in [-0.4, -0.2) is 46.5 Å². The molecule has 8 nitrogen and oxygen atoms in total. The third kappa shape index (κ3) is 4.70. The number of ether oxygens (including phenoxy) is 4. The molecule has 1 saturated heterocycles. The van der Waals surface area contributed by atoms with Crippen LogP contribution < -0.4 is 25.1 Å². The Kier molecular flexibility index (Phi) is 6.61. The largest absolute Gasteiger partial charge is 0.497 e. The number of fused-ring (bicyclic) bond motifs is 1. The van der Waals surface area contributed by atoms with E-state index >= 15 is 0 Å². The van der Waals surface area contributed by atoms with E-state index in [1.807, 2.05) is 12.1 Å². The van der Waals surface area contributed by atoms with Crippen LogP contribution in [0.25, 0.3) is 11.0 Å². The number of nitrogens with zero attached hydrogens (tertiary/aromatic N) is 1. The Balaban J connectivity index is 1.82. The molecule has 32 heavy (non-hydrogen) atoms. The molecule has 1 N–H and O–H groups in total. The maximum absolute atomic E-state index is 13.1. The summed E-state index contributed by atoms with van der Waals surface area (Å²) in [6.07, 6.45) is 1.96. The third-order valence-electron chi connectivity index (χ3n) is 5.28. The smallest absolute Gasteiger partial charge is 0.256 e. The first-order valence-electron chi connectivity index (χ1n) is 10.4. The zero-order valence-electron chi connectivity index (χ0n) is 18.3. The van der Waals surface area contributed by atoms with E-state index in [0.29, 0.717) is 40.6 Å². The highest BCUT2D eigenvalue weighted by molar-refractivity contribution is 5.97. The number of carbonyl (C=O) groups excluding carboxylic acids is 1. The zero-order valence-corrected chi connectivity index (χ0v) is 18.3. The van der Waals surface area contributed by atoms with Gasteiger partial charge < -0.3 is 28.7 Å². The first kappa shape index (κ1) is 21.7. The van der Waals surface area contributed by atoms with Crippen LogP contribution in [0.5, 0.6) is 17.2 Å². The number of rotatable bonds is 7. The summed E-state index contributed by atoms with van der Waals surface area (Å²) in [4.78, 5) is 17.7. The lowest BCUT2D eigenvalue weighted by Crippen LogP contribution is -2.34. The van der Waals surface area contributed by atoms with Gasteiger partial charge in [-0.15, -0.1) is 0 Å². The van der Waals surface area contributed by atoms with Crippen molar-refractivity contribution < 1.29 is 28.2 Å². The highest BCUT2D eigenvalue weighted by Crippen LogP contribution is 2.28. The zero-order chi connectivity index (χ0) is 22.5. The van der Waals surface area contributed by atoms with Crippen molar-refractivity contribution in [2.45, 2.75) is 18.9 Å². The molecule has 0 aliphatic carbocycles. The van der Waals surface area contributed by atoms with E-state index in [1.165, 1.54) is 0 Å². The van der Waals surface area contributed by atoms with Crippen molar-refractivity contribution in [1.82, 2.24) is 5.32 Å². The van der Waals surface area contributed by atoms with Gasteiger partial charge in [0, 0.05) is 36.7 Å². The molecule has 1 unspecified atom stereocenters. The molecule has 0 spiro atoms. The van der Waals surface area contributed by atoms with E-state index < -0.39 is 0 Å². The Morgan fingerprint density at radius 1 is 1.09 bits per heavy atom. The van der Waals surface area contributed by atoms with Gasteiger partial charge in [0.2, 0.25) is 5.55 Å². The standard InChI is InChI=1S/C24H26N2O6/c1-28-18-11-16(12-19(13-18)29-2)26-24-20(23(27)25-14-17-7-5-9-31-17)10-15-6-4-8-21(30-3)22(15)32-24/h4,6,8,10-13,17H,5,7,9,14H2,1-3H3,(H,25,27). The van der Waals surface area contributed by atoms with E-state index in [0.717, 1.165) is 24.8 Å². The highest BCUT2D eigenvalue weighted by Gasteiger charge is 2.19. The van der Waals surface area contributed by atoms with Crippen molar-refractivity contribution in [1.29, 1.82) is 0 Å². The lowest BCUT2D eigenvalue weighted by Gasteiger charge is -2.12. The number of amides is 1. The van der Waals surface area contributed by atoms with Gasteiger partial charge in [-0.25, -0.2) is 4.99 Å². The summed E-state index contributed by atoms with van der Waals surface area (Å²) in [5.74, 6) is 1.41. The molecular formula is C24H26N2O6. The van der Waals surface area contributed by atoms with Crippen LogP contribution in [0.3, 0.4) is 0 Å². The molecule has 0 radical (unpaired) electrons. The van der Waals surface area contributed by atoms with E-state index in [9.17, 15) is 4.79 Å². The van der Waals surface area contributed by atoms with Gasteiger partial charge in [0.05, 0.1) is 33.1 Å². The molecule has 0 bridgehead atoms. The van der Waals surface area contributed by atoms with E-state index in [1.54, 1.807) is 51.7 Å². The third-order valence-corrected chi connectivity index (χ3v) is 5.28. The normalized spacial score (nSPS) is 16.2. The quantitative estimate of drug-likeness (QED) is 0.606. The Morgan fingerprint density at radius 2 is 1.88 bits per heavy atom. The molecule has 8 heteroatoms. The Bertz CT molecular complexity index is 1160. The molecule has 2 aromatic carbocycles. The Morgan fingerprint density at radius 3 is 2.53 bits per heavy atom. The Hall–Kier alpha value is -3.52. The van der Waals surface area contributed by atoms with Gasteiger partial charge in [0.25, 0.3) is 5.91 Å². The van der Waals surface area contributed by atoms with Crippen molar-refractivity contribution in [3.63, 3.8) is 0 Å². The number of carbonyl (C=O) groups is 1. The second-order valence-electron chi connectivity index (χ2n) is 7.37. The number of para-hydroxylation sites is 1. The van der Waals surface area contributed by atoms with Crippen molar-refractivity contribution >= 4 is 22.6 Å². The van der Waals surface area contributed by atoms with Crippen LogP contribution in [0.2, 0.25) is 0 Å². The van der Waals surface area contributed by atoms with Crippen LogP contribution in [0.1, 0.15) is 23.2 Å². The summed E-state index contributed by atoms with van der Waals surface area (Å²) in [6.45, 7) is 1.16. The predicted octanol–water partition coefficient (Wildman–Crippen LogP) is 3.60. The summed E-state index contributed by atoms with van der Waals surface area (Å²) < 4.78 is 27.8. The number of nitrogens with one attached hydrogen (secondary N) is 1. The monoisotopic (exact) mass is 438 g/mol. The fourth-order valence-electron chi connectivity index (χ4n) is 3.61. The average molecular weight is 438 g/mol. The SMILES string of the molecule is COc1cc(N=c2oc3c(OC)cccc3cc2C(=O)NCC2CCCO2)cc(OC)c1. The van der Waals surface area contributed by atoms with Crippen LogP contribution in [0.15, 0.2) is 51.9 Å². The van der Waals surface area contributed by atoms with Gasteiger partial charge in [-0.05, 0) is 25.0 Å². The lowest BCUT2D eigenvalue weighted by atomic mass is 10.1. The van der Waals surface area contributed by atoms with Gasteiger partial charge in [-0.2, -0.15) is 0 Å². The van der Waals surface area contributed by atoms with E-state index in [4.69, 9.17) is 23.4 Å². The minimum Gasteiger partial charge on any atom is -0.497 e. The van der Waals surface area contributed by atoms with Crippen molar-refractivity contribution in [2.24, 2.45) is 4.99 Å². The number of benzene rings is 2. The predicted molar refractivity (Wildman–Crippen MR) is 119 cm³/mol. The van der Waals surface area contributed by atoms with E-state index in [2.05, 4.69) is 10.3 Å². The minimum absolute atomic E-state index is 0.0273. The summed E-state index contributed by atoms with van der Waals surface area (Å²) in [5.41, 5.74) is 1.49. The molecule has 1 aliphatic rings. The second-order valence-corrected chi connectivity index (χ2v) is 7.37. The van der Waals surface area contributed by atoms with Crippen LogP contribution in [-0.2, 0) is 4.74 Å². The van der Waals surface area contributed by atoms with Crippen LogP contribution in [0, 0.1) is 0 Å². The molecule has 1 aliphatic heterocycles. The fourth-order valence-corrected chi connectivity index (χ4v) is 3.61. The highest BCUT2D eigenvalue weighted by atomic mass is 16.5. The fraction of sp³-hybridized carbons (Fsp3) is 0.333. The summed E-state index contributed by atoms with van der Waals surface area (Å²) in [7, 11) is 4.69. The maximum Gasteiger partial charge on any atom is 0.256 e. The minimum atomic E-state index is -0.289. The first-order valence-corrected chi connectivity index (χ1v) is 10.4. The van der Waals surface area contributed by atoms with Crippen LogP contribution >= 0.6 is 0 Å². The average Bonchev–Trinajstić information content (AvgIpc) is 3.35. The maximum atomic E-state index is 13.1. The van der Waals surface area contributed by atoms with Crippen molar-refractivity contribution in [3.05, 3.63) is 53.6 Å². The van der Waals surface area contributed by atoms with Gasteiger partial charge in [0.1, 0.15) is 17.1 Å². The van der Waals surface area contributed by atoms with Crippen molar-refractivity contribution in [3.8, 4) is 17.2 Å². The van der Waals surface area contributed by atoms with E-state index in [-0.39, 0.29) is 17.6 Å². The summed E-state index contributed by atoms with van der Waals surface area (Å²) >= 11 is 0. The number of hydrogen-bond donors (Lipinski definition) is 1. The lowest BCUT2D eigenvalue weighted by molar-refractivity contribution is 0.0854. The molecule has 168 valence electrons. The number of hydrogen-bond acceptors (Lipinski definition) is 7. The molecule has 4 rings (SSSR count). The number of methoxy groups -OCH3 is 3. The first-order chi connectivity index (χ1) is 15.6. The summed E-state index contributed by atoms with van der Waals surface area (Å²) in [5, 5.41) is 3.67. The van der Waals surface area contributed by atoms with Gasteiger partial charge in [-0.1, -0.05) is 12.1 Å². The van der Waals surface area contributed by atoms with Crippen molar-refractivity contribution in [2.75, 3.05) is 34.5 Å². The molecule has 1 aromatic heterocycles. The molecule has 1 amide bonds. The van der Waals surface area contributed by atoms with Crippen LogP contribution in [0.4, 0.5) is 5.69 Å². The summed E-state index contributed by atoms with van der Waals surface area (Å²) in [6, 6.07) is 12.5. The van der Waals surface area contributed by atoms with Gasteiger partial charge >= 0.3 is 0 Å². The van der Waals surface area contributed by atoms with Gasteiger partial charge in [0.15, 0.2) is 11.3 Å².